The van der Waals surface area contributed by atoms with Crippen molar-refractivity contribution in [3.63, 3.8) is 0 Å². The molecule has 0 radical (unpaired) electrons. The highest BCUT2D eigenvalue weighted by atomic mass is 32.2. The van der Waals surface area contributed by atoms with Crippen molar-refractivity contribution in [2.75, 3.05) is 13.1 Å². The van der Waals surface area contributed by atoms with E-state index in [1.165, 1.54) is 4.31 Å². The molecule has 2 aromatic rings. The Morgan fingerprint density at radius 1 is 1.30 bits per heavy atom. The Balaban J connectivity index is 1.93. The molecule has 1 saturated heterocycles. The summed E-state index contributed by atoms with van der Waals surface area (Å²) in [6.45, 7) is 0.933. The molecule has 1 aromatic carbocycles. The lowest BCUT2D eigenvalue weighted by Crippen LogP contribution is -2.32. The molecule has 1 atom stereocenters. The van der Waals surface area contributed by atoms with Gasteiger partial charge in [-0.3, -0.25) is 4.98 Å². The van der Waals surface area contributed by atoms with Crippen LogP contribution in [-0.4, -0.2) is 36.8 Å². The second kappa shape index (κ2) is 5.12. The number of sulfonamides is 1. The Kier molecular flexibility index (Phi) is 3.45. The van der Waals surface area contributed by atoms with Crippen molar-refractivity contribution in [3.05, 3.63) is 42.1 Å². The Labute approximate surface area is 118 Å². The second-order valence-electron chi connectivity index (χ2n) is 5.16. The van der Waals surface area contributed by atoms with Gasteiger partial charge in [-0.05, 0) is 18.1 Å². The molecule has 0 amide bonds. The van der Waals surface area contributed by atoms with Crippen LogP contribution in [0.25, 0.3) is 10.9 Å². The fourth-order valence-corrected chi connectivity index (χ4v) is 4.19. The highest BCUT2D eigenvalue weighted by molar-refractivity contribution is 7.88. The van der Waals surface area contributed by atoms with Crippen molar-refractivity contribution in [2.24, 2.45) is 5.73 Å². The summed E-state index contributed by atoms with van der Waals surface area (Å²) in [4.78, 5) is 4.30. The first-order valence-electron chi connectivity index (χ1n) is 6.62. The van der Waals surface area contributed by atoms with Crippen LogP contribution in [0.3, 0.4) is 0 Å². The average Bonchev–Trinajstić information content (AvgIpc) is 2.86. The lowest BCUT2D eigenvalue weighted by atomic mass is 10.1. The zero-order chi connectivity index (χ0) is 14.2. The number of hydrogen-bond donors (Lipinski definition) is 1. The molecule has 1 aliphatic heterocycles. The van der Waals surface area contributed by atoms with Gasteiger partial charge in [0.05, 0.1) is 11.3 Å². The molecule has 20 heavy (non-hydrogen) atoms. The Morgan fingerprint density at radius 3 is 2.85 bits per heavy atom. The van der Waals surface area contributed by atoms with Gasteiger partial charge in [-0.15, -0.1) is 0 Å². The molecule has 2 N–H and O–H groups in total. The molecule has 6 heteroatoms. The average molecular weight is 291 g/mol. The summed E-state index contributed by atoms with van der Waals surface area (Å²) in [6, 6.07) is 9.36. The largest absolute Gasteiger partial charge is 0.326 e. The SMILES string of the molecule is N[C@H]1CCN(S(=O)(=O)Cc2cccc3cccnc23)C1. The summed E-state index contributed by atoms with van der Waals surface area (Å²) in [5.74, 6) is -0.0198. The van der Waals surface area contributed by atoms with E-state index >= 15 is 0 Å². The summed E-state index contributed by atoms with van der Waals surface area (Å²) >= 11 is 0. The molecule has 0 saturated carbocycles. The fourth-order valence-electron chi connectivity index (χ4n) is 2.58. The Hall–Kier alpha value is -1.50. The molecule has 3 rings (SSSR count). The van der Waals surface area contributed by atoms with Crippen LogP contribution >= 0.6 is 0 Å². The van der Waals surface area contributed by atoms with Crippen molar-refractivity contribution < 1.29 is 8.42 Å². The van der Waals surface area contributed by atoms with Gasteiger partial charge in [0.2, 0.25) is 10.0 Å². The van der Waals surface area contributed by atoms with Gasteiger partial charge in [0, 0.05) is 30.7 Å². The lowest BCUT2D eigenvalue weighted by molar-refractivity contribution is 0.471. The van der Waals surface area contributed by atoms with Crippen LogP contribution in [0.5, 0.6) is 0 Å². The Morgan fingerprint density at radius 2 is 2.10 bits per heavy atom. The number of fused-ring (bicyclic) bond motifs is 1. The number of para-hydroxylation sites is 1. The minimum atomic E-state index is -3.32. The van der Waals surface area contributed by atoms with Gasteiger partial charge >= 0.3 is 0 Å². The van der Waals surface area contributed by atoms with Crippen LogP contribution in [-0.2, 0) is 15.8 Å². The van der Waals surface area contributed by atoms with Gasteiger partial charge in [0.1, 0.15) is 0 Å². The second-order valence-corrected chi connectivity index (χ2v) is 7.12. The number of rotatable bonds is 3. The molecule has 1 aliphatic rings. The first kappa shape index (κ1) is 13.5. The van der Waals surface area contributed by atoms with Gasteiger partial charge < -0.3 is 5.73 Å². The van der Waals surface area contributed by atoms with E-state index in [1.54, 1.807) is 6.20 Å². The normalized spacial score (nSPS) is 20.6. The maximum Gasteiger partial charge on any atom is 0.218 e. The zero-order valence-electron chi connectivity index (χ0n) is 11.1. The maximum atomic E-state index is 12.4. The van der Waals surface area contributed by atoms with Crippen LogP contribution in [0.1, 0.15) is 12.0 Å². The highest BCUT2D eigenvalue weighted by Crippen LogP contribution is 2.21. The maximum absolute atomic E-state index is 12.4. The monoisotopic (exact) mass is 291 g/mol. The number of pyridine rings is 1. The highest BCUT2D eigenvalue weighted by Gasteiger charge is 2.29. The molecule has 1 fully saturated rings. The molecule has 1 aromatic heterocycles. The van der Waals surface area contributed by atoms with Crippen molar-refractivity contribution >= 4 is 20.9 Å². The van der Waals surface area contributed by atoms with Gasteiger partial charge in [-0.1, -0.05) is 24.3 Å². The molecule has 106 valence electrons. The van der Waals surface area contributed by atoms with Crippen LogP contribution in [0, 0.1) is 0 Å². The molecular formula is C14H17N3O2S. The number of nitrogens with two attached hydrogens (primary N) is 1. The first-order chi connectivity index (χ1) is 9.56. The number of hydrogen-bond acceptors (Lipinski definition) is 4. The molecule has 0 bridgehead atoms. The van der Waals surface area contributed by atoms with E-state index in [0.717, 1.165) is 22.9 Å². The van der Waals surface area contributed by atoms with E-state index in [-0.39, 0.29) is 11.8 Å². The smallest absolute Gasteiger partial charge is 0.218 e. The van der Waals surface area contributed by atoms with Crippen molar-refractivity contribution in [2.45, 2.75) is 18.2 Å². The van der Waals surface area contributed by atoms with Crippen molar-refractivity contribution in [3.8, 4) is 0 Å². The van der Waals surface area contributed by atoms with Gasteiger partial charge in [-0.2, -0.15) is 0 Å². The number of benzene rings is 1. The summed E-state index contributed by atoms with van der Waals surface area (Å²) in [6.07, 6.45) is 2.41. The van der Waals surface area contributed by atoms with E-state index in [0.29, 0.717) is 13.1 Å². The summed E-state index contributed by atoms with van der Waals surface area (Å²) in [7, 11) is -3.32. The van der Waals surface area contributed by atoms with E-state index in [2.05, 4.69) is 4.98 Å². The summed E-state index contributed by atoms with van der Waals surface area (Å²) in [5.41, 5.74) is 7.28. The minimum absolute atomic E-state index is 0.0198. The molecule has 5 nitrogen and oxygen atoms in total. The third-order valence-corrected chi connectivity index (χ3v) is 5.43. The molecule has 0 unspecified atom stereocenters. The van der Waals surface area contributed by atoms with Crippen LogP contribution in [0.15, 0.2) is 36.5 Å². The van der Waals surface area contributed by atoms with Gasteiger partial charge in [-0.25, -0.2) is 12.7 Å². The third kappa shape index (κ3) is 2.54. The minimum Gasteiger partial charge on any atom is -0.326 e. The fraction of sp³-hybridized carbons (Fsp3) is 0.357. The first-order valence-corrected chi connectivity index (χ1v) is 8.23. The lowest BCUT2D eigenvalue weighted by Gasteiger charge is -2.16. The standard InChI is InChI=1S/C14H17N3O2S/c15-13-6-8-17(9-13)20(18,19)10-12-4-1-3-11-5-2-7-16-14(11)12/h1-5,7,13H,6,8-10,15H2/t13-/m0/s1. The topological polar surface area (TPSA) is 76.3 Å². The van der Waals surface area contributed by atoms with E-state index in [4.69, 9.17) is 5.73 Å². The van der Waals surface area contributed by atoms with Crippen LogP contribution < -0.4 is 5.73 Å². The van der Waals surface area contributed by atoms with Crippen LogP contribution in [0.4, 0.5) is 0 Å². The van der Waals surface area contributed by atoms with E-state index < -0.39 is 10.0 Å². The predicted octanol–water partition coefficient (Wildman–Crippen LogP) is 1.10. The molecule has 0 spiro atoms. The molecule has 0 aliphatic carbocycles. The quantitative estimate of drug-likeness (QED) is 0.918. The van der Waals surface area contributed by atoms with Crippen molar-refractivity contribution in [1.29, 1.82) is 0 Å². The third-order valence-electron chi connectivity index (χ3n) is 3.64. The summed E-state index contributed by atoms with van der Waals surface area (Å²) < 4.78 is 26.4. The molecular weight excluding hydrogens is 274 g/mol. The predicted molar refractivity (Wildman–Crippen MR) is 78.5 cm³/mol. The molecule has 2 heterocycles. The van der Waals surface area contributed by atoms with Gasteiger partial charge in [0.15, 0.2) is 0 Å². The van der Waals surface area contributed by atoms with E-state index in [1.807, 2.05) is 30.3 Å². The zero-order valence-corrected chi connectivity index (χ0v) is 11.9. The number of nitrogens with zero attached hydrogens (tertiary/aromatic N) is 2. The number of aromatic nitrogens is 1. The van der Waals surface area contributed by atoms with E-state index in [9.17, 15) is 8.42 Å². The Bertz CT molecular complexity index is 725. The van der Waals surface area contributed by atoms with Crippen molar-refractivity contribution in [1.82, 2.24) is 9.29 Å². The van der Waals surface area contributed by atoms with Gasteiger partial charge in [0.25, 0.3) is 0 Å². The summed E-state index contributed by atoms with van der Waals surface area (Å²) in [5, 5.41) is 0.957. The van der Waals surface area contributed by atoms with Crippen LogP contribution in [0.2, 0.25) is 0 Å².